The van der Waals surface area contributed by atoms with Gasteiger partial charge in [0.05, 0.1) is 13.2 Å². The third kappa shape index (κ3) is 6.35. The van der Waals surface area contributed by atoms with Crippen LogP contribution in [0.5, 0.6) is 5.75 Å². The number of rotatable bonds is 10. The first kappa shape index (κ1) is 16.9. The molecule has 0 bridgehead atoms. The summed E-state index contributed by atoms with van der Waals surface area (Å²) < 4.78 is 24.2. The summed E-state index contributed by atoms with van der Waals surface area (Å²) in [4.78, 5) is 0. The van der Waals surface area contributed by atoms with Crippen molar-refractivity contribution in [2.45, 2.75) is 33.2 Å². The first-order valence-corrected chi connectivity index (χ1v) is 7.31. The van der Waals surface area contributed by atoms with Crippen molar-refractivity contribution in [1.82, 2.24) is 5.32 Å². The minimum absolute atomic E-state index is 0.254. The van der Waals surface area contributed by atoms with Crippen LogP contribution in [0.25, 0.3) is 0 Å². The highest BCUT2D eigenvalue weighted by Gasteiger charge is 2.06. The maximum absolute atomic E-state index is 13.6. The molecule has 0 aliphatic carbocycles. The Morgan fingerprint density at radius 3 is 2.60 bits per heavy atom. The molecule has 114 valence electrons. The van der Waals surface area contributed by atoms with E-state index in [2.05, 4.69) is 19.2 Å². The van der Waals surface area contributed by atoms with Crippen LogP contribution in [0.1, 0.15) is 32.3 Å². The molecular formula is C16H26FNO2. The van der Waals surface area contributed by atoms with Crippen LogP contribution in [0.2, 0.25) is 0 Å². The Hall–Kier alpha value is -1.13. The van der Waals surface area contributed by atoms with E-state index in [-0.39, 0.29) is 5.82 Å². The smallest absolute Gasteiger partial charge is 0.127 e. The Kier molecular flexibility index (Phi) is 8.23. The van der Waals surface area contributed by atoms with Gasteiger partial charge >= 0.3 is 0 Å². The third-order valence-corrected chi connectivity index (χ3v) is 3.38. The zero-order chi connectivity index (χ0) is 14.8. The van der Waals surface area contributed by atoms with Crippen molar-refractivity contribution in [3.63, 3.8) is 0 Å². The SMILES string of the molecule is CCC(CC)COc1cc(F)cc(CNCCOC)c1. The van der Waals surface area contributed by atoms with Gasteiger partial charge in [-0.1, -0.05) is 26.7 Å². The number of hydrogen-bond acceptors (Lipinski definition) is 3. The van der Waals surface area contributed by atoms with Gasteiger partial charge in [-0.3, -0.25) is 0 Å². The molecule has 0 radical (unpaired) electrons. The van der Waals surface area contributed by atoms with Gasteiger partial charge in [0.2, 0.25) is 0 Å². The maximum atomic E-state index is 13.6. The summed E-state index contributed by atoms with van der Waals surface area (Å²) in [6.07, 6.45) is 2.16. The number of nitrogens with one attached hydrogen (secondary N) is 1. The molecule has 0 saturated carbocycles. The lowest BCUT2D eigenvalue weighted by molar-refractivity contribution is 0.199. The van der Waals surface area contributed by atoms with E-state index in [1.54, 1.807) is 7.11 Å². The predicted octanol–water partition coefficient (Wildman–Crippen LogP) is 3.38. The second kappa shape index (κ2) is 9.72. The summed E-state index contributed by atoms with van der Waals surface area (Å²) in [6, 6.07) is 4.87. The van der Waals surface area contributed by atoms with Crippen molar-refractivity contribution in [1.29, 1.82) is 0 Å². The number of hydrogen-bond donors (Lipinski definition) is 1. The molecule has 1 aromatic rings. The zero-order valence-electron chi connectivity index (χ0n) is 12.7. The van der Waals surface area contributed by atoms with Crippen LogP contribution in [-0.2, 0) is 11.3 Å². The van der Waals surface area contributed by atoms with E-state index in [1.807, 2.05) is 6.07 Å². The lowest BCUT2D eigenvalue weighted by Gasteiger charge is -2.14. The summed E-state index contributed by atoms with van der Waals surface area (Å²) in [6.45, 7) is 6.95. The normalized spacial score (nSPS) is 11.1. The number of methoxy groups -OCH3 is 1. The Morgan fingerprint density at radius 2 is 1.95 bits per heavy atom. The Morgan fingerprint density at radius 1 is 1.20 bits per heavy atom. The predicted molar refractivity (Wildman–Crippen MR) is 79.5 cm³/mol. The van der Waals surface area contributed by atoms with Crippen LogP contribution in [0.15, 0.2) is 18.2 Å². The molecule has 0 amide bonds. The summed E-state index contributed by atoms with van der Waals surface area (Å²) in [5.41, 5.74) is 0.889. The van der Waals surface area contributed by atoms with Crippen LogP contribution < -0.4 is 10.1 Å². The summed E-state index contributed by atoms with van der Waals surface area (Å²) >= 11 is 0. The Labute approximate surface area is 121 Å². The summed E-state index contributed by atoms with van der Waals surface area (Å²) in [5.74, 6) is 0.887. The van der Waals surface area contributed by atoms with E-state index >= 15 is 0 Å². The van der Waals surface area contributed by atoms with Crippen molar-refractivity contribution in [3.05, 3.63) is 29.6 Å². The van der Waals surface area contributed by atoms with Gasteiger partial charge in [-0.2, -0.15) is 0 Å². The minimum Gasteiger partial charge on any atom is -0.493 e. The van der Waals surface area contributed by atoms with Gasteiger partial charge in [0, 0.05) is 26.3 Å². The fourth-order valence-corrected chi connectivity index (χ4v) is 1.95. The summed E-state index contributed by atoms with van der Waals surface area (Å²) in [7, 11) is 1.66. The van der Waals surface area contributed by atoms with Gasteiger partial charge in [-0.05, 0) is 23.6 Å². The number of benzene rings is 1. The quantitative estimate of drug-likeness (QED) is 0.668. The molecule has 0 saturated heterocycles. The molecule has 1 aromatic carbocycles. The molecule has 0 atom stereocenters. The summed E-state index contributed by atoms with van der Waals surface area (Å²) in [5, 5.41) is 3.20. The van der Waals surface area contributed by atoms with Crippen LogP contribution in [-0.4, -0.2) is 26.9 Å². The van der Waals surface area contributed by atoms with Crippen molar-refractivity contribution >= 4 is 0 Å². The van der Waals surface area contributed by atoms with Crippen molar-refractivity contribution in [2.75, 3.05) is 26.9 Å². The van der Waals surface area contributed by atoms with Gasteiger partial charge in [-0.25, -0.2) is 4.39 Å². The second-order valence-corrected chi connectivity index (χ2v) is 4.96. The standard InChI is InChI=1S/C16H26FNO2/c1-4-13(5-2)12-20-16-9-14(8-15(17)10-16)11-18-6-7-19-3/h8-10,13,18H,4-7,11-12H2,1-3H3. The molecule has 1 N–H and O–H groups in total. The average Bonchev–Trinajstić information content (AvgIpc) is 2.44. The molecule has 0 aromatic heterocycles. The molecule has 0 spiro atoms. The van der Waals surface area contributed by atoms with Gasteiger partial charge < -0.3 is 14.8 Å². The highest BCUT2D eigenvalue weighted by molar-refractivity contribution is 5.29. The topological polar surface area (TPSA) is 30.5 Å². The number of halogens is 1. The van der Waals surface area contributed by atoms with Gasteiger partial charge in [0.1, 0.15) is 11.6 Å². The molecule has 0 unspecified atom stereocenters. The van der Waals surface area contributed by atoms with Gasteiger partial charge in [0.15, 0.2) is 0 Å². The fourth-order valence-electron chi connectivity index (χ4n) is 1.95. The maximum Gasteiger partial charge on any atom is 0.127 e. The van der Waals surface area contributed by atoms with Crippen LogP contribution >= 0.6 is 0 Å². The first-order valence-electron chi connectivity index (χ1n) is 7.31. The van der Waals surface area contributed by atoms with E-state index in [0.717, 1.165) is 24.9 Å². The van der Waals surface area contributed by atoms with Crippen LogP contribution in [0.3, 0.4) is 0 Å². The molecule has 3 nitrogen and oxygen atoms in total. The third-order valence-electron chi connectivity index (χ3n) is 3.38. The van der Waals surface area contributed by atoms with E-state index in [1.165, 1.54) is 12.1 Å². The van der Waals surface area contributed by atoms with E-state index in [4.69, 9.17) is 9.47 Å². The van der Waals surface area contributed by atoms with E-state index in [9.17, 15) is 4.39 Å². The van der Waals surface area contributed by atoms with Crippen LogP contribution in [0, 0.1) is 11.7 Å². The highest BCUT2D eigenvalue weighted by atomic mass is 19.1. The molecule has 20 heavy (non-hydrogen) atoms. The molecule has 4 heteroatoms. The van der Waals surface area contributed by atoms with Crippen molar-refractivity contribution in [2.24, 2.45) is 5.92 Å². The highest BCUT2D eigenvalue weighted by Crippen LogP contribution is 2.18. The molecule has 0 heterocycles. The Bertz CT molecular complexity index is 381. The molecule has 1 rings (SSSR count). The molecule has 0 aliphatic heterocycles. The zero-order valence-corrected chi connectivity index (χ0v) is 12.7. The van der Waals surface area contributed by atoms with Crippen LogP contribution in [0.4, 0.5) is 4.39 Å². The molecule has 0 fully saturated rings. The van der Waals surface area contributed by atoms with E-state index < -0.39 is 0 Å². The number of ether oxygens (including phenoxy) is 2. The monoisotopic (exact) mass is 283 g/mol. The molecular weight excluding hydrogens is 257 g/mol. The largest absolute Gasteiger partial charge is 0.493 e. The first-order chi connectivity index (χ1) is 9.69. The Balaban J connectivity index is 2.52. The molecule has 0 aliphatic rings. The second-order valence-electron chi connectivity index (χ2n) is 4.96. The average molecular weight is 283 g/mol. The lowest BCUT2D eigenvalue weighted by Crippen LogP contribution is -2.18. The van der Waals surface area contributed by atoms with Gasteiger partial charge in [0.25, 0.3) is 0 Å². The lowest BCUT2D eigenvalue weighted by atomic mass is 10.1. The fraction of sp³-hybridized carbons (Fsp3) is 0.625. The van der Waals surface area contributed by atoms with E-state index in [0.29, 0.717) is 31.4 Å². The van der Waals surface area contributed by atoms with Gasteiger partial charge in [-0.15, -0.1) is 0 Å². The van der Waals surface area contributed by atoms with Crippen molar-refractivity contribution < 1.29 is 13.9 Å². The minimum atomic E-state index is -0.254. The van der Waals surface area contributed by atoms with Crippen molar-refractivity contribution in [3.8, 4) is 5.75 Å².